The molecule has 1 aromatic carbocycles. The molecule has 114 valence electrons. The molecule has 1 aliphatic heterocycles. The molecule has 1 saturated heterocycles. The van der Waals surface area contributed by atoms with Crippen molar-refractivity contribution in [2.75, 3.05) is 18.9 Å². The highest BCUT2D eigenvalue weighted by Gasteiger charge is 2.47. The minimum atomic E-state index is -1.61. The quantitative estimate of drug-likeness (QED) is 0.847. The molecule has 21 heavy (non-hydrogen) atoms. The van der Waals surface area contributed by atoms with Gasteiger partial charge in [-0.2, -0.15) is 0 Å². The van der Waals surface area contributed by atoms with Crippen molar-refractivity contribution in [3.63, 3.8) is 0 Å². The number of hydrogen-bond acceptors (Lipinski definition) is 2. The van der Waals surface area contributed by atoms with E-state index in [9.17, 15) is 4.39 Å². The zero-order valence-electron chi connectivity index (χ0n) is 13.8. The van der Waals surface area contributed by atoms with Crippen LogP contribution in [0.1, 0.15) is 38.8 Å². The predicted octanol–water partition coefficient (Wildman–Crippen LogP) is 3.83. The summed E-state index contributed by atoms with van der Waals surface area (Å²) in [6.45, 7) is 12.2. The first-order chi connectivity index (χ1) is 9.92. The molecule has 2 nitrogen and oxygen atoms in total. The largest absolute Gasteiger partial charge is 0.388 e. The molecular weight excluding hydrogens is 262 g/mol. The lowest BCUT2D eigenvalue weighted by molar-refractivity contribution is 0.0159. The molecular formula is C17H26BFN2. The average molecular weight is 288 g/mol. The van der Waals surface area contributed by atoms with Crippen molar-refractivity contribution in [2.24, 2.45) is 0 Å². The van der Waals surface area contributed by atoms with Crippen molar-refractivity contribution in [3.8, 4) is 0 Å². The number of benzene rings is 1. The molecule has 2 unspecified atom stereocenters. The molecule has 0 amide bonds. The number of aryl methyl sites for hydroxylation is 1. The minimum Gasteiger partial charge on any atom is -0.388 e. The van der Waals surface area contributed by atoms with Gasteiger partial charge < -0.3 is 10.2 Å². The Kier molecular flexibility index (Phi) is 5.88. The van der Waals surface area contributed by atoms with Gasteiger partial charge in [0.2, 0.25) is 0 Å². The van der Waals surface area contributed by atoms with Crippen LogP contribution in [0.4, 0.5) is 10.1 Å². The van der Waals surface area contributed by atoms with Crippen molar-refractivity contribution in [1.82, 2.24) is 4.90 Å². The molecule has 1 fully saturated rings. The maximum absolute atomic E-state index is 13.8. The van der Waals surface area contributed by atoms with E-state index in [2.05, 4.69) is 24.9 Å². The molecule has 4 heteroatoms. The summed E-state index contributed by atoms with van der Waals surface area (Å²) >= 11 is 0. The summed E-state index contributed by atoms with van der Waals surface area (Å²) in [6.07, 6.45) is 0.912. The average Bonchev–Trinajstić information content (AvgIpc) is 2.52. The molecule has 0 aromatic heterocycles. The van der Waals surface area contributed by atoms with Crippen LogP contribution in [0, 0.1) is 0 Å². The Morgan fingerprint density at radius 2 is 2.14 bits per heavy atom. The van der Waals surface area contributed by atoms with Crippen LogP contribution < -0.4 is 5.32 Å². The van der Waals surface area contributed by atoms with Gasteiger partial charge in [-0.25, -0.2) is 0 Å². The van der Waals surface area contributed by atoms with E-state index < -0.39 is 5.57 Å². The number of likely N-dealkylation sites (tertiary alicyclic amines) is 1. The maximum Gasteiger partial charge on any atom is 0.126 e. The van der Waals surface area contributed by atoms with E-state index in [-0.39, 0.29) is 12.6 Å². The van der Waals surface area contributed by atoms with E-state index >= 15 is 0 Å². The molecule has 1 heterocycles. The molecule has 1 aliphatic rings. The summed E-state index contributed by atoms with van der Waals surface area (Å²) in [7, 11) is 7.43. The topological polar surface area (TPSA) is 15.3 Å². The van der Waals surface area contributed by atoms with Gasteiger partial charge in [0.05, 0.1) is 6.04 Å². The van der Waals surface area contributed by atoms with Crippen molar-refractivity contribution in [1.29, 1.82) is 0 Å². The maximum atomic E-state index is 13.8. The second-order valence-electron chi connectivity index (χ2n) is 5.12. The van der Waals surface area contributed by atoms with Crippen LogP contribution in [-0.4, -0.2) is 37.9 Å². The number of nitrogens with one attached hydrogen (secondary N) is 1. The fourth-order valence-corrected chi connectivity index (χ4v) is 2.59. The lowest BCUT2D eigenvalue weighted by atomic mass is 9.70. The summed E-state index contributed by atoms with van der Waals surface area (Å²) in [4.78, 5) is 1.93. The first-order valence-electron chi connectivity index (χ1n) is 7.65. The van der Waals surface area contributed by atoms with Crippen LogP contribution in [0.25, 0.3) is 5.70 Å². The molecule has 2 atom stereocenters. The summed E-state index contributed by atoms with van der Waals surface area (Å²) in [6, 6.07) is 5.77. The summed E-state index contributed by atoms with van der Waals surface area (Å²) < 4.78 is 13.8. The summed E-state index contributed by atoms with van der Waals surface area (Å²) in [5, 5.41) is 3.18. The number of nitrogens with zero attached hydrogens (tertiary/aromatic N) is 1. The van der Waals surface area contributed by atoms with Crippen LogP contribution >= 0.6 is 0 Å². The molecule has 0 spiro atoms. The van der Waals surface area contributed by atoms with E-state index in [1.165, 1.54) is 5.56 Å². The van der Waals surface area contributed by atoms with E-state index in [4.69, 9.17) is 7.85 Å². The normalized spacial score (nSPS) is 23.7. The predicted molar refractivity (Wildman–Crippen MR) is 91.5 cm³/mol. The number of hydrogen-bond donors (Lipinski definition) is 1. The highest BCUT2D eigenvalue weighted by Crippen LogP contribution is 2.39. The van der Waals surface area contributed by atoms with Crippen LogP contribution in [0.2, 0.25) is 0 Å². The zero-order valence-corrected chi connectivity index (χ0v) is 13.8. The van der Waals surface area contributed by atoms with Crippen LogP contribution in [0.3, 0.4) is 0 Å². The third-order valence-corrected chi connectivity index (χ3v) is 4.01. The molecule has 0 bridgehead atoms. The van der Waals surface area contributed by atoms with Crippen molar-refractivity contribution in [3.05, 3.63) is 35.9 Å². The number of halogens is 1. The smallest absolute Gasteiger partial charge is 0.126 e. The van der Waals surface area contributed by atoms with Gasteiger partial charge in [-0.1, -0.05) is 39.5 Å². The van der Waals surface area contributed by atoms with Gasteiger partial charge in [0, 0.05) is 30.5 Å². The van der Waals surface area contributed by atoms with E-state index in [1.807, 2.05) is 37.9 Å². The molecule has 2 rings (SSSR count). The monoisotopic (exact) mass is 288 g/mol. The second-order valence-corrected chi connectivity index (χ2v) is 5.12. The summed E-state index contributed by atoms with van der Waals surface area (Å²) in [5.74, 6) is 0. The Bertz CT molecular complexity index is 477. The highest BCUT2D eigenvalue weighted by atomic mass is 19.1. The third kappa shape index (κ3) is 3.25. The molecule has 0 saturated carbocycles. The van der Waals surface area contributed by atoms with Gasteiger partial charge in [-0.05, 0) is 25.0 Å². The van der Waals surface area contributed by atoms with Crippen molar-refractivity contribution in [2.45, 2.75) is 45.7 Å². The fraction of sp³-hybridized carbons (Fsp3) is 0.529. The Hall–Kier alpha value is -1.45. The van der Waals surface area contributed by atoms with E-state index in [1.54, 1.807) is 6.92 Å². The highest BCUT2D eigenvalue weighted by molar-refractivity contribution is 6.16. The number of rotatable bonds is 4. The van der Waals surface area contributed by atoms with Gasteiger partial charge >= 0.3 is 0 Å². The molecule has 1 aromatic rings. The fourth-order valence-electron chi connectivity index (χ4n) is 2.59. The Labute approximate surface area is 129 Å². The Balaban J connectivity index is 0.00000106. The minimum absolute atomic E-state index is 0.203. The van der Waals surface area contributed by atoms with Crippen LogP contribution in [0.15, 0.2) is 24.8 Å². The molecule has 1 N–H and O–H groups in total. The first kappa shape index (κ1) is 17.6. The second kappa shape index (κ2) is 7.01. The van der Waals surface area contributed by atoms with Gasteiger partial charge in [0.25, 0.3) is 0 Å². The number of alkyl halides is 1. The van der Waals surface area contributed by atoms with Gasteiger partial charge in [-0.15, -0.1) is 0 Å². The van der Waals surface area contributed by atoms with E-state index in [0.717, 1.165) is 23.4 Å². The lowest BCUT2D eigenvalue weighted by Crippen LogP contribution is -2.65. The lowest BCUT2D eigenvalue weighted by Gasteiger charge is -2.52. The SMILES string of the molecule is CC.[B]C1(F)CN(C(=C)c2c(CC)cccc2NC)C1C. The third-order valence-electron chi connectivity index (χ3n) is 4.01. The van der Waals surface area contributed by atoms with Crippen LogP contribution in [-0.2, 0) is 6.42 Å². The Morgan fingerprint density at radius 1 is 1.52 bits per heavy atom. The Morgan fingerprint density at radius 3 is 2.57 bits per heavy atom. The van der Waals surface area contributed by atoms with Crippen LogP contribution in [0.5, 0.6) is 0 Å². The van der Waals surface area contributed by atoms with Gasteiger partial charge in [0.1, 0.15) is 13.4 Å². The summed E-state index contributed by atoms with van der Waals surface area (Å²) in [5.41, 5.74) is 2.52. The molecule has 0 aliphatic carbocycles. The van der Waals surface area contributed by atoms with Crippen molar-refractivity contribution >= 4 is 19.2 Å². The zero-order chi connectivity index (χ0) is 16.2. The van der Waals surface area contributed by atoms with E-state index in [0.29, 0.717) is 0 Å². The number of anilines is 1. The van der Waals surface area contributed by atoms with Crippen molar-refractivity contribution < 1.29 is 4.39 Å². The van der Waals surface area contributed by atoms with Gasteiger partial charge in [0.15, 0.2) is 0 Å². The first-order valence-corrected chi connectivity index (χ1v) is 7.65. The standard InChI is InChI=1S/C15H20BFN2.C2H6/c1-5-12-7-6-8-13(18-4)14(12)10(2)19-9-15(16,17)11(19)3;1-2/h6-8,11,18H,2,5,9H2,1,3-4H3;1-2H3. The van der Waals surface area contributed by atoms with Gasteiger partial charge in [-0.3, -0.25) is 4.39 Å². The molecule has 2 radical (unpaired) electrons.